The molecule has 10 heteroatoms. The van der Waals surface area contributed by atoms with E-state index in [2.05, 4.69) is 5.32 Å². The van der Waals surface area contributed by atoms with Gasteiger partial charge >= 0.3 is 0 Å². The molecule has 5 rings (SSSR count). The number of rotatable bonds is 8. The number of fused-ring (bicyclic) bond motifs is 1. The number of allylic oxidation sites excluding steroid dienone is 1. The molecular formula is C31H28ClN3O5S. The van der Waals surface area contributed by atoms with Gasteiger partial charge in [0.1, 0.15) is 5.75 Å². The highest BCUT2D eigenvalue weighted by atomic mass is 35.5. The van der Waals surface area contributed by atoms with Crippen LogP contribution in [0.15, 0.2) is 87.8 Å². The van der Waals surface area contributed by atoms with E-state index in [1.165, 1.54) is 18.4 Å². The Kier molecular flexibility index (Phi) is 8.28. The number of anilines is 1. The lowest BCUT2D eigenvalue weighted by molar-refractivity contribution is -0.113. The molecule has 0 fully saturated rings. The third-order valence-electron chi connectivity index (χ3n) is 6.58. The first-order valence-corrected chi connectivity index (χ1v) is 14.1. The fourth-order valence-corrected chi connectivity index (χ4v) is 5.95. The lowest BCUT2D eigenvalue weighted by Gasteiger charge is -2.26. The summed E-state index contributed by atoms with van der Waals surface area (Å²) in [7, 11) is 3.09. The average Bonchev–Trinajstić information content (AvgIpc) is 3.27. The van der Waals surface area contributed by atoms with E-state index in [0.29, 0.717) is 66.3 Å². The maximum absolute atomic E-state index is 14.1. The minimum Gasteiger partial charge on any atom is -0.493 e. The van der Waals surface area contributed by atoms with E-state index in [1.807, 2.05) is 31.2 Å². The van der Waals surface area contributed by atoms with Crippen LogP contribution in [0, 0.1) is 0 Å². The van der Waals surface area contributed by atoms with Crippen molar-refractivity contribution >= 4 is 40.6 Å². The monoisotopic (exact) mass is 589 g/mol. The minimum absolute atomic E-state index is 0.298. The summed E-state index contributed by atoms with van der Waals surface area (Å²) in [5.41, 5.74) is 2.52. The molecule has 8 nitrogen and oxygen atoms in total. The summed E-state index contributed by atoms with van der Waals surface area (Å²) in [5.74, 6) is 1.26. The van der Waals surface area contributed by atoms with Gasteiger partial charge in [0, 0.05) is 16.3 Å². The van der Waals surface area contributed by atoms with Gasteiger partial charge in [-0.1, -0.05) is 47.2 Å². The topological polar surface area (TPSA) is 91.1 Å². The molecule has 1 aromatic heterocycles. The van der Waals surface area contributed by atoms with Crippen LogP contribution >= 0.6 is 22.9 Å². The summed E-state index contributed by atoms with van der Waals surface area (Å²) in [6.45, 7) is 4.12. The van der Waals surface area contributed by atoms with Crippen molar-refractivity contribution in [3.05, 3.63) is 114 Å². The van der Waals surface area contributed by atoms with E-state index >= 15 is 0 Å². The van der Waals surface area contributed by atoms with Gasteiger partial charge in [0.15, 0.2) is 16.3 Å². The van der Waals surface area contributed by atoms with Crippen molar-refractivity contribution < 1.29 is 19.0 Å². The summed E-state index contributed by atoms with van der Waals surface area (Å²) in [5, 5.41) is 3.47. The first-order chi connectivity index (χ1) is 19.8. The third kappa shape index (κ3) is 5.64. The van der Waals surface area contributed by atoms with E-state index < -0.39 is 6.04 Å². The fraction of sp³-hybridized carbons (Fsp3) is 0.194. The molecular weight excluding hydrogens is 562 g/mol. The highest BCUT2D eigenvalue weighted by Crippen LogP contribution is 2.36. The zero-order valence-corrected chi connectivity index (χ0v) is 24.5. The summed E-state index contributed by atoms with van der Waals surface area (Å²) in [4.78, 5) is 33.0. The van der Waals surface area contributed by atoms with Gasteiger partial charge in [-0.25, -0.2) is 4.99 Å². The lowest BCUT2D eigenvalue weighted by Crippen LogP contribution is -2.40. The molecule has 2 heterocycles. The maximum atomic E-state index is 14.1. The molecule has 1 N–H and O–H groups in total. The molecule has 210 valence electrons. The zero-order chi connectivity index (χ0) is 29.1. The number of amides is 1. The second kappa shape index (κ2) is 12.0. The van der Waals surface area contributed by atoms with Crippen molar-refractivity contribution in [2.75, 3.05) is 26.1 Å². The van der Waals surface area contributed by atoms with Gasteiger partial charge in [0.05, 0.1) is 42.7 Å². The predicted molar refractivity (Wildman–Crippen MR) is 161 cm³/mol. The Hall–Kier alpha value is -4.34. The molecule has 41 heavy (non-hydrogen) atoms. The van der Waals surface area contributed by atoms with E-state index in [1.54, 1.807) is 67.1 Å². The van der Waals surface area contributed by atoms with Crippen LogP contribution in [0.4, 0.5) is 5.69 Å². The number of carbonyl (C=O) groups excluding carboxylic acids is 1. The zero-order valence-electron chi connectivity index (χ0n) is 22.9. The van der Waals surface area contributed by atoms with Crippen LogP contribution in [-0.4, -0.2) is 31.3 Å². The number of nitrogens with one attached hydrogen (secondary N) is 1. The minimum atomic E-state index is -0.775. The number of halogens is 1. The van der Waals surface area contributed by atoms with E-state index in [9.17, 15) is 9.59 Å². The van der Waals surface area contributed by atoms with Crippen molar-refractivity contribution in [1.29, 1.82) is 0 Å². The molecule has 0 bridgehead atoms. The van der Waals surface area contributed by atoms with Gasteiger partial charge in [-0.2, -0.15) is 0 Å². The number of ether oxygens (including phenoxy) is 3. The summed E-state index contributed by atoms with van der Waals surface area (Å²) in [6.07, 6.45) is 1.75. The van der Waals surface area contributed by atoms with Crippen LogP contribution < -0.4 is 34.4 Å². The Bertz CT molecular complexity index is 1830. The molecule has 1 aliphatic heterocycles. The molecule has 0 saturated carbocycles. The van der Waals surface area contributed by atoms with Crippen LogP contribution in [0.1, 0.15) is 31.0 Å². The van der Waals surface area contributed by atoms with Crippen LogP contribution in [-0.2, 0) is 4.79 Å². The largest absolute Gasteiger partial charge is 0.493 e. The van der Waals surface area contributed by atoms with E-state index in [4.69, 9.17) is 30.8 Å². The molecule has 1 amide bonds. The lowest BCUT2D eigenvalue weighted by atomic mass is 9.94. The summed E-state index contributed by atoms with van der Waals surface area (Å²) < 4.78 is 18.7. The molecule has 3 aromatic carbocycles. The van der Waals surface area contributed by atoms with Crippen molar-refractivity contribution in [1.82, 2.24) is 4.57 Å². The smallest absolute Gasteiger partial charge is 0.271 e. The number of hydrogen-bond donors (Lipinski definition) is 1. The van der Waals surface area contributed by atoms with Crippen LogP contribution in [0.3, 0.4) is 0 Å². The highest BCUT2D eigenvalue weighted by molar-refractivity contribution is 7.07. The Morgan fingerprint density at radius 1 is 1.05 bits per heavy atom. The van der Waals surface area contributed by atoms with Gasteiger partial charge in [0.25, 0.3) is 11.5 Å². The van der Waals surface area contributed by atoms with E-state index in [-0.39, 0.29) is 11.5 Å². The molecule has 0 unspecified atom stereocenters. The average molecular weight is 590 g/mol. The van der Waals surface area contributed by atoms with Crippen molar-refractivity contribution in [2.24, 2.45) is 4.99 Å². The summed E-state index contributed by atoms with van der Waals surface area (Å²) >= 11 is 7.51. The summed E-state index contributed by atoms with van der Waals surface area (Å²) in [6, 6.07) is 19.0. The van der Waals surface area contributed by atoms with Crippen molar-refractivity contribution in [2.45, 2.75) is 19.9 Å². The Labute approximate surface area is 245 Å². The number of carbonyl (C=O) groups is 1. The van der Waals surface area contributed by atoms with Gasteiger partial charge in [-0.3, -0.25) is 14.2 Å². The second-order valence-corrected chi connectivity index (χ2v) is 10.6. The first kappa shape index (κ1) is 28.2. The molecule has 0 spiro atoms. The molecule has 0 radical (unpaired) electrons. The Morgan fingerprint density at radius 2 is 1.78 bits per heavy atom. The fourth-order valence-electron chi connectivity index (χ4n) is 4.73. The van der Waals surface area contributed by atoms with Crippen molar-refractivity contribution in [3.63, 3.8) is 0 Å². The van der Waals surface area contributed by atoms with Crippen LogP contribution in [0.2, 0.25) is 5.02 Å². The number of hydrogen-bond acceptors (Lipinski definition) is 7. The van der Waals surface area contributed by atoms with Gasteiger partial charge in [-0.15, -0.1) is 0 Å². The Morgan fingerprint density at radius 3 is 2.49 bits per heavy atom. The van der Waals surface area contributed by atoms with Gasteiger partial charge in [0.2, 0.25) is 0 Å². The van der Waals surface area contributed by atoms with Gasteiger partial charge in [-0.05, 0) is 68.0 Å². The SMILES string of the molecule is CCOc1ccc(Cl)cc1/C=c1\sc2n(c1=O)[C@H](c1ccc(OC)c(OC)c1)C(C(=O)Nc1ccccc1)=C(C)N=2. The second-order valence-electron chi connectivity index (χ2n) is 9.13. The first-order valence-electron chi connectivity index (χ1n) is 12.9. The normalized spacial score (nSPS) is 14.8. The van der Waals surface area contributed by atoms with E-state index in [0.717, 1.165) is 0 Å². The molecule has 0 saturated heterocycles. The quantitative estimate of drug-likeness (QED) is 0.314. The Balaban J connectivity index is 1.71. The maximum Gasteiger partial charge on any atom is 0.271 e. The molecule has 4 aromatic rings. The van der Waals surface area contributed by atoms with Crippen molar-refractivity contribution in [3.8, 4) is 17.2 Å². The standard InChI is InChI=1S/C31H28ClN3O5S/c1-5-40-23-14-12-21(32)15-20(23)17-26-30(37)35-28(19-11-13-24(38-3)25(16-19)39-4)27(18(2)33-31(35)41-26)29(36)34-22-9-7-6-8-10-22/h6-17,28H,5H2,1-4H3,(H,34,36)/b26-17-/t28-/m1/s1. The molecule has 1 aliphatic rings. The molecule has 0 aliphatic carbocycles. The number of thiazole rings is 1. The predicted octanol–water partition coefficient (Wildman–Crippen LogP) is 4.94. The van der Waals surface area contributed by atoms with Crippen LogP contribution in [0.5, 0.6) is 17.2 Å². The van der Waals surface area contributed by atoms with Gasteiger partial charge < -0.3 is 19.5 Å². The number of para-hydroxylation sites is 1. The van der Waals surface area contributed by atoms with Crippen LogP contribution in [0.25, 0.3) is 6.08 Å². The number of benzene rings is 3. The molecule has 1 atom stereocenters. The number of aromatic nitrogens is 1. The highest BCUT2D eigenvalue weighted by Gasteiger charge is 2.33. The third-order valence-corrected chi connectivity index (χ3v) is 7.80. The number of methoxy groups -OCH3 is 2. The number of nitrogens with zero attached hydrogens (tertiary/aromatic N) is 2.